The molecule has 3 nitrogen and oxygen atoms in total. The lowest BCUT2D eigenvalue weighted by molar-refractivity contribution is 0.669. The molecular weight excluding hydrogens is 574 g/mol. The van der Waals surface area contributed by atoms with Crippen LogP contribution in [0.5, 0.6) is 0 Å². The highest BCUT2D eigenvalue weighted by Gasteiger charge is 2.20. The molecule has 0 saturated heterocycles. The minimum Gasteiger partial charge on any atom is -0.456 e. The topological polar surface area (TPSA) is 29.5 Å². The highest BCUT2D eigenvalue weighted by molar-refractivity contribution is 6.14. The fourth-order valence-corrected chi connectivity index (χ4v) is 7.23. The highest BCUT2D eigenvalue weighted by atomic mass is 16.3. The zero-order chi connectivity index (χ0) is 30.9. The first-order valence-electron chi connectivity index (χ1n) is 15.9. The molecule has 0 amide bonds. The molecule has 0 aliphatic heterocycles. The van der Waals surface area contributed by atoms with Crippen molar-refractivity contribution in [3.05, 3.63) is 164 Å². The van der Waals surface area contributed by atoms with Gasteiger partial charge in [0.05, 0.1) is 11.1 Å². The predicted molar refractivity (Wildman–Crippen MR) is 196 cm³/mol. The second-order valence-corrected chi connectivity index (χ2v) is 12.1. The van der Waals surface area contributed by atoms with Gasteiger partial charge < -0.3 is 13.7 Å². The normalized spacial score (nSPS) is 11.8. The average molecular weight is 602 g/mol. The molecule has 47 heavy (non-hydrogen) atoms. The van der Waals surface area contributed by atoms with Gasteiger partial charge in [-0.25, -0.2) is 0 Å². The number of fused-ring (bicyclic) bond motifs is 8. The van der Waals surface area contributed by atoms with Crippen LogP contribution in [0.15, 0.2) is 173 Å². The zero-order valence-electron chi connectivity index (χ0n) is 25.4. The number of nitrogens with zero attached hydrogens (tertiary/aromatic N) is 1. The Bertz CT molecular complexity index is 2800. The Morgan fingerprint density at radius 2 is 1.02 bits per heavy atom. The molecule has 10 aromatic rings. The molecule has 0 bridgehead atoms. The standard InChI is InChI=1S/C44H27NO2/c1-2-11-34-28(9-1)10-7-14-35(34)29-19-22-32(23-20-29)45(39-15-8-18-42-44(39)37-13-4-6-17-41(37)46-42)33-24-21-30-26-38-36-12-3-5-16-40(36)47-43(38)27-31(30)25-33/h1-27H. The van der Waals surface area contributed by atoms with Gasteiger partial charge in [-0.15, -0.1) is 0 Å². The van der Waals surface area contributed by atoms with Crippen LogP contribution in [0.2, 0.25) is 0 Å². The minimum absolute atomic E-state index is 0.867. The van der Waals surface area contributed by atoms with Crippen LogP contribution in [0.4, 0.5) is 17.1 Å². The summed E-state index contributed by atoms with van der Waals surface area (Å²) in [6.07, 6.45) is 0. The number of furan rings is 2. The quantitative estimate of drug-likeness (QED) is 0.201. The summed E-state index contributed by atoms with van der Waals surface area (Å²) in [4.78, 5) is 2.35. The molecule has 2 heterocycles. The van der Waals surface area contributed by atoms with E-state index in [4.69, 9.17) is 8.83 Å². The molecule has 2 aromatic heterocycles. The van der Waals surface area contributed by atoms with E-state index in [1.807, 2.05) is 24.3 Å². The Balaban J connectivity index is 1.19. The summed E-state index contributed by atoms with van der Waals surface area (Å²) >= 11 is 0. The maximum atomic E-state index is 6.34. The van der Waals surface area contributed by atoms with Crippen molar-refractivity contribution in [3.8, 4) is 11.1 Å². The van der Waals surface area contributed by atoms with Crippen molar-refractivity contribution in [1.82, 2.24) is 0 Å². The van der Waals surface area contributed by atoms with Crippen LogP contribution in [-0.4, -0.2) is 0 Å². The zero-order valence-corrected chi connectivity index (χ0v) is 25.4. The SMILES string of the molecule is c1ccc2c(-c3ccc(N(c4ccc5cc6c(cc5c4)oc4ccccc46)c4cccc5oc6ccccc6c45)cc3)cccc2c1. The summed E-state index contributed by atoms with van der Waals surface area (Å²) in [5, 5.41) is 9.25. The number of para-hydroxylation sites is 2. The van der Waals surface area contributed by atoms with Crippen LogP contribution < -0.4 is 4.90 Å². The fourth-order valence-electron chi connectivity index (χ4n) is 7.23. The van der Waals surface area contributed by atoms with Gasteiger partial charge in [-0.2, -0.15) is 0 Å². The summed E-state index contributed by atoms with van der Waals surface area (Å²) in [6.45, 7) is 0. The highest BCUT2D eigenvalue weighted by Crippen LogP contribution is 2.44. The molecule has 10 rings (SSSR count). The van der Waals surface area contributed by atoms with E-state index < -0.39 is 0 Å². The predicted octanol–water partition coefficient (Wildman–Crippen LogP) is 12.9. The lowest BCUT2D eigenvalue weighted by atomic mass is 9.98. The number of hydrogen-bond donors (Lipinski definition) is 0. The van der Waals surface area contributed by atoms with Crippen molar-refractivity contribution < 1.29 is 8.83 Å². The van der Waals surface area contributed by atoms with Gasteiger partial charge in [-0.05, 0) is 93.3 Å². The van der Waals surface area contributed by atoms with E-state index in [1.54, 1.807) is 0 Å². The third kappa shape index (κ3) is 4.07. The lowest BCUT2D eigenvalue weighted by Crippen LogP contribution is -2.10. The molecule has 0 radical (unpaired) electrons. The molecule has 0 atom stereocenters. The van der Waals surface area contributed by atoms with E-state index in [2.05, 4.69) is 144 Å². The Hall–Kier alpha value is -6.32. The van der Waals surface area contributed by atoms with Crippen molar-refractivity contribution in [3.63, 3.8) is 0 Å². The fraction of sp³-hybridized carbons (Fsp3) is 0. The van der Waals surface area contributed by atoms with Gasteiger partial charge in [0.25, 0.3) is 0 Å². The summed E-state index contributed by atoms with van der Waals surface area (Å²) in [7, 11) is 0. The van der Waals surface area contributed by atoms with Gasteiger partial charge in [0.15, 0.2) is 0 Å². The van der Waals surface area contributed by atoms with Crippen LogP contribution in [0, 0.1) is 0 Å². The van der Waals surface area contributed by atoms with Gasteiger partial charge in [-0.3, -0.25) is 0 Å². The molecule has 0 spiro atoms. The van der Waals surface area contributed by atoms with E-state index in [1.165, 1.54) is 27.3 Å². The smallest absolute Gasteiger partial charge is 0.137 e. The van der Waals surface area contributed by atoms with Crippen LogP contribution in [0.3, 0.4) is 0 Å². The molecule has 0 aliphatic rings. The van der Waals surface area contributed by atoms with Crippen molar-refractivity contribution in [2.75, 3.05) is 4.90 Å². The van der Waals surface area contributed by atoms with Crippen molar-refractivity contribution >= 4 is 82.5 Å². The second-order valence-electron chi connectivity index (χ2n) is 12.1. The van der Waals surface area contributed by atoms with E-state index in [0.29, 0.717) is 0 Å². The maximum absolute atomic E-state index is 6.34. The molecule has 0 saturated carbocycles. The molecule has 8 aromatic carbocycles. The third-order valence-electron chi connectivity index (χ3n) is 9.43. The monoisotopic (exact) mass is 601 g/mol. The average Bonchev–Trinajstić information content (AvgIpc) is 3.69. The molecular formula is C44H27NO2. The van der Waals surface area contributed by atoms with Gasteiger partial charge in [0.1, 0.15) is 22.3 Å². The number of rotatable bonds is 4. The Kier molecular flexibility index (Phi) is 5.57. The second kappa shape index (κ2) is 10.1. The minimum atomic E-state index is 0.867. The van der Waals surface area contributed by atoms with E-state index in [9.17, 15) is 0 Å². The first-order valence-corrected chi connectivity index (χ1v) is 15.9. The van der Waals surface area contributed by atoms with Crippen molar-refractivity contribution in [2.45, 2.75) is 0 Å². The number of anilines is 3. The number of hydrogen-bond acceptors (Lipinski definition) is 3. The van der Waals surface area contributed by atoms with Crippen molar-refractivity contribution in [2.24, 2.45) is 0 Å². The van der Waals surface area contributed by atoms with Gasteiger partial charge in [0, 0.05) is 27.5 Å². The summed E-state index contributed by atoms with van der Waals surface area (Å²) < 4.78 is 12.6. The summed E-state index contributed by atoms with van der Waals surface area (Å²) in [5.41, 5.74) is 9.15. The van der Waals surface area contributed by atoms with E-state index >= 15 is 0 Å². The third-order valence-corrected chi connectivity index (χ3v) is 9.43. The van der Waals surface area contributed by atoms with E-state index in [0.717, 1.165) is 66.3 Å². The first-order chi connectivity index (χ1) is 23.3. The maximum Gasteiger partial charge on any atom is 0.137 e. The van der Waals surface area contributed by atoms with Crippen molar-refractivity contribution in [1.29, 1.82) is 0 Å². The molecule has 220 valence electrons. The van der Waals surface area contributed by atoms with Gasteiger partial charge in [-0.1, -0.05) is 103 Å². The van der Waals surface area contributed by atoms with Gasteiger partial charge >= 0.3 is 0 Å². The largest absolute Gasteiger partial charge is 0.456 e. The Labute approximate surface area is 270 Å². The lowest BCUT2D eigenvalue weighted by Gasteiger charge is -2.27. The Morgan fingerprint density at radius 3 is 1.89 bits per heavy atom. The van der Waals surface area contributed by atoms with Gasteiger partial charge in [0.2, 0.25) is 0 Å². The first kappa shape index (κ1) is 26.0. The number of benzene rings is 8. The molecule has 0 aliphatic carbocycles. The van der Waals surface area contributed by atoms with Crippen LogP contribution in [0.1, 0.15) is 0 Å². The van der Waals surface area contributed by atoms with Crippen LogP contribution in [-0.2, 0) is 0 Å². The molecule has 0 unspecified atom stereocenters. The summed E-state index contributed by atoms with van der Waals surface area (Å²) in [6, 6.07) is 58.0. The summed E-state index contributed by atoms with van der Waals surface area (Å²) in [5.74, 6) is 0. The molecule has 3 heteroatoms. The molecule has 0 fully saturated rings. The van der Waals surface area contributed by atoms with Crippen LogP contribution in [0.25, 0.3) is 76.5 Å². The van der Waals surface area contributed by atoms with E-state index in [-0.39, 0.29) is 0 Å². The Morgan fingerprint density at radius 1 is 0.362 bits per heavy atom. The molecule has 0 N–H and O–H groups in total. The van der Waals surface area contributed by atoms with Crippen LogP contribution >= 0.6 is 0 Å².